The van der Waals surface area contributed by atoms with E-state index in [2.05, 4.69) is 43.2 Å². The van der Waals surface area contributed by atoms with Crippen LogP contribution in [0, 0.1) is 5.92 Å². The Morgan fingerprint density at radius 2 is 1.86 bits per heavy atom. The molecule has 4 nitrogen and oxygen atoms in total. The summed E-state index contributed by atoms with van der Waals surface area (Å²) < 4.78 is 5.72. The Morgan fingerprint density at radius 1 is 1.14 bits per heavy atom. The van der Waals surface area contributed by atoms with Crippen LogP contribution in [0.1, 0.15) is 47.0 Å². The van der Waals surface area contributed by atoms with Crippen molar-refractivity contribution in [3.63, 3.8) is 0 Å². The highest BCUT2D eigenvalue weighted by Gasteiger charge is 2.18. The zero-order valence-corrected chi connectivity index (χ0v) is 14.7. The van der Waals surface area contributed by atoms with Crippen LogP contribution >= 0.6 is 0 Å². The summed E-state index contributed by atoms with van der Waals surface area (Å²) in [5.74, 6) is 0.769. The summed E-state index contributed by atoms with van der Waals surface area (Å²) in [4.78, 5) is 2.53. The molecule has 2 N–H and O–H groups in total. The summed E-state index contributed by atoms with van der Waals surface area (Å²) in [6.07, 6.45) is 3.79. The molecule has 1 atom stereocenters. The van der Waals surface area contributed by atoms with E-state index in [9.17, 15) is 0 Å². The summed E-state index contributed by atoms with van der Waals surface area (Å²) in [6.45, 7) is 16.3. The molecule has 1 aliphatic rings. The largest absolute Gasteiger partial charge is 0.379 e. The topological polar surface area (TPSA) is 36.5 Å². The second kappa shape index (κ2) is 11.4. The van der Waals surface area contributed by atoms with Crippen molar-refractivity contribution in [2.75, 3.05) is 45.9 Å². The van der Waals surface area contributed by atoms with Crippen LogP contribution in [0.25, 0.3) is 0 Å². The molecule has 0 saturated carbocycles. The molecule has 0 bridgehead atoms. The minimum Gasteiger partial charge on any atom is -0.379 e. The van der Waals surface area contributed by atoms with Crippen LogP contribution in [-0.4, -0.2) is 62.9 Å². The Balaban J connectivity index is 1.90. The fraction of sp³-hybridized carbons (Fsp3) is 1.00. The lowest BCUT2D eigenvalue weighted by atomic mass is 10.0. The standard InChI is InChI=1S/C17H37N3O/c1-5-16(4)14-18-8-12-21-13-11-20-9-6-17(7-10-20)19-15(2)3/h15-19H,5-14H2,1-4H3. The molecular weight excluding hydrogens is 262 g/mol. The zero-order valence-electron chi connectivity index (χ0n) is 14.7. The summed E-state index contributed by atoms with van der Waals surface area (Å²) in [5, 5.41) is 7.09. The van der Waals surface area contributed by atoms with Crippen molar-refractivity contribution in [2.45, 2.75) is 59.0 Å². The van der Waals surface area contributed by atoms with Crippen molar-refractivity contribution in [1.29, 1.82) is 0 Å². The molecule has 1 saturated heterocycles. The molecule has 21 heavy (non-hydrogen) atoms. The fourth-order valence-electron chi connectivity index (χ4n) is 2.73. The lowest BCUT2D eigenvalue weighted by Crippen LogP contribution is -2.45. The van der Waals surface area contributed by atoms with E-state index < -0.39 is 0 Å². The quantitative estimate of drug-likeness (QED) is 0.573. The van der Waals surface area contributed by atoms with Crippen molar-refractivity contribution >= 4 is 0 Å². The van der Waals surface area contributed by atoms with Crippen LogP contribution in [0.2, 0.25) is 0 Å². The molecule has 0 aliphatic carbocycles. The summed E-state index contributed by atoms with van der Waals surface area (Å²) >= 11 is 0. The van der Waals surface area contributed by atoms with Crippen LogP contribution in [0.5, 0.6) is 0 Å². The van der Waals surface area contributed by atoms with E-state index in [-0.39, 0.29) is 0 Å². The van der Waals surface area contributed by atoms with Gasteiger partial charge in [-0.05, 0) is 38.4 Å². The van der Waals surface area contributed by atoms with Gasteiger partial charge in [0.25, 0.3) is 0 Å². The lowest BCUT2D eigenvalue weighted by molar-refractivity contribution is 0.0922. The molecule has 1 heterocycles. The maximum absolute atomic E-state index is 5.72. The van der Waals surface area contributed by atoms with Gasteiger partial charge in [0.1, 0.15) is 0 Å². The van der Waals surface area contributed by atoms with E-state index in [1.165, 1.54) is 32.4 Å². The molecular formula is C17H37N3O. The third kappa shape index (κ3) is 9.46. The first kappa shape index (κ1) is 18.9. The molecule has 0 radical (unpaired) electrons. The second-order valence-electron chi connectivity index (χ2n) is 6.77. The summed E-state index contributed by atoms with van der Waals surface area (Å²) in [7, 11) is 0. The van der Waals surface area contributed by atoms with Crippen LogP contribution in [0.4, 0.5) is 0 Å². The Morgan fingerprint density at radius 3 is 2.48 bits per heavy atom. The number of nitrogens with one attached hydrogen (secondary N) is 2. The molecule has 1 aliphatic heterocycles. The van der Waals surface area contributed by atoms with Crippen molar-refractivity contribution in [3.8, 4) is 0 Å². The average molecular weight is 300 g/mol. The molecule has 0 aromatic rings. The van der Waals surface area contributed by atoms with Gasteiger partial charge in [0.05, 0.1) is 13.2 Å². The third-order valence-electron chi connectivity index (χ3n) is 4.32. The molecule has 1 unspecified atom stereocenters. The highest BCUT2D eigenvalue weighted by molar-refractivity contribution is 4.78. The third-order valence-corrected chi connectivity index (χ3v) is 4.32. The minimum atomic E-state index is 0.604. The van der Waals surface area contributed by atoms with Crippen LogP contribution < -0.4 is 10.6 Å². The molecule has 0 amide bonds. The van der Waals surface area contributed by atoms with Gasteiger partial charge in [0.2, 0.25) is 0 Å². The van der Waals surface area contributed by atoms with E-state index in [0.29, 0.717) is 12.1 Å². The highest BCUT2D eigenvalue weighted by atomic mass is 16.5. The maximum atomic E-state index is 5.72. The molecule has 4 heteroatoms. The number of rotatable bonds is 11. The van der Waals surface area contributed by atoms with Crippen molar-refractivity contribution in [3.05, 3.63) is 0 Å². The van der Waals surface area contributed by atoms with E-state index in [1.807, 2.05) is 0 Å². The van der Waals surface area contributed by atoms with E-state index >= 15 is 0 Å². The van der Waals surface area contributed by atoms with Crippen LogP contribution in [0.15, 0.2) is 0 Å². The SMILES string of the molecule is CCC(C)CNCCOCCN1CCC(NC(C)C)CC1. The Bertz CT molecular complexity index is 240. The number of ether oxygens (including phenoxy) is 1. The number of likely N-dealkylation sites (tertiary alicyclic amines) is 1. The van der Waals surface area contributed by atoms with Gasteiger partial charge in [0, 0.05) is 25.2 Å². The Hall–Kier alpha value is -0.160. The fourth-order valence-corrected chi connectivity index (χ4v) is 2.73. The van der Waals surface area contributed by atoms with Gasteiger partial charge in [-0.25, -0.2) is 0 Å². The molecule has 1 fully saturated rings. The average Bonchev–Trinajstić information content (AvgIpc) is 2.47. The first-order chi connectivity index (χ1) is 10.1. The van der Waals surface area contributed by atoms with Gasteiger partial charge >= 0.3 is 0 Å². The first-order valence-electron chi connectivity index (χ1n) is 8.88. The number of piperidine rings is 1. The number of hydrogen-bond acceptors (Lipinski definition) is 4. The molecule has 0 aromatic carbocycles. The van der Waals surface area contributed by atoms with Crippen LogP contribution in [0.3, 0.4) is 0 Å². The van der Waals surface area contributed by atoms with Crippen molar-refractivity contribution in [2.24, 2.45) is 5.92 Å². The number of nitrogens with zero attached hydrogens (tertiary/aromatic N) is 1. The first-order valence-corrected chi connectivity index (χ1v) is 8.88. The lowest BCUT2D eigenvalue weighted by Gasteiger charge is -2.33. The van der Waals surface area contributed by atoms with Gasteiger partial charge < -0.3 is 20.3 Å². The minimum absolute atomic E-state index is 0.604. The monoisotopic (exact) mass is 299 g/mol. The maximum Gasteiger partial charge on any atom is 0.0594 e. The zero-order chi connectivity index (χ0) is 15.5. The van der Waals surface area contributed by atoms with Crippen molar-refractivity contribution < 1.29 is 4.74 Å². The van der Waals surface area contributed by atoms with E-state index in [4.69, 9.17) is 4.74 Å². The van der Waals surface area contributed by atoms with Gasteiger partial charge in [-0.3, -0.25) is 0 Å². The molecule has 0 aromatic heterocycles. The molecule has 0 spiro atoms. The van der Waals surface area contributed by atoms with Crippen LogP contribution in [-0.2, 0) is 4.74 Å². The molecule has 126 valence electrons. The highest BCUT2D eigenvalue weighted by Crippen LogP contribution is 2.10. The van der Waals surface area contributed by atoms with E-state index in [1.54, 1.807) is 0 Å². The number of hydrogen-bond donors (Lipinski definition) is 2. The smallest absolute Gasteiger partial charge is 0.0594 e. The van der Waals surface area contributed by atoms with Gasteiger partial charge in [0.15, 0.2) is 0 Å². The Labute approximate surface area is 132 Å². The summed E-state index contributed by atoms with van der Waals surface area (Å²) in [5.41, 5.74) is 0. The summed E-state index contributed by atoms with van der Waals surface area (Å²) in [6, 6.07) is 1.32. The van der Waals surface area contributed by atoms with Gasteiger partial charge in [-0.1, -0.05) is 34.1 Å². The molecule has 1 rings (SSSR count). The van der Waals surface area contributed by atoms with Gasteiger partial charge in [-0.15, -0.1) is 0 Å². The predicted molar refractivity (Wildman–Crippen MR) is 90.9 cm³/mol. The van der Waals surface area contributed by atoms with Crippen molar-refractivity contribution in [1.82, 2.24) is 15.5 Å². The van der Waals surface area contributed by atoms with E-state index in [0.717, 1.165) is 38.8 Å². The van der Waals surface area contributed by atoms with Gasteiger partial charge in [-0.2, -0.15) is 0 Å². The Kier molecular flexibility index (Phi) is 10.3. The second-order valence-corrected chi connectivity index (χ2v) is 6.77. The normalized spacial score (nSPS) is 19.3. The predicted octanol–water partition coefficient (Wildman–Crippen LogP) is 2.10.